The van der Waals surface area contributed by atoms with Crippen LogP contribution >= 0.6 is 0 Å². The molecule has 0 saturated carbocycles. The number of nitrogens with one attached hydrogen (secondary N) is 1. The van der Waals surface area contributed by atoms with Gasteiger partial charge in [0, 0.05) is 5.56 Å². The largest absolute Gasteiger partial charge is 0.494 e. The smallest absolute Gasteiger partial charge is 0.251 e. The van der Waals surface area contributed by atoms with Crippen molar-refractivity contribution in [2.75, 3.05) is 7.11 Å². The van der Waals surface area contributed by atoms with E-state index < -0.39 is 23.4 Å². The molecule has 0 heterocycles. The molecule has 5 heteroatoms. The summed E-state index contributed by atoms with van der Waals surface area (Å²) >= 11 is 0. The number of methoxy groups -OCH3 is 1. The highest BCUT2D eigenvalue weighted by molar-refractivity contribution is 5.94. The summed E-state index contributed by atoms with van der Waals surface area (Å²) in [6.45, 7) is 4.96. The van der Waals surface area contributed by atoms with E-state index in [1.165, 1.54) is 19.2 Å². The van der Waals surface area contributed by atoms with Crippen LogP contribution in [0.25, 0.3) is 0 Å². The zero-order valence-corrected chi connectivity index (χ0v) is 11.0. The molecule has 0 spiro atoms. The number of amides is 1. The van der Waals surface area contributed by atoms with Gasteiger partial charge < -0.3 is 15.2 Å². The predicted molar refractivity (Wildman–Crippen MR) is 66.2 cm³/mol. The van der Waals surface area contributed by atoms with Crippen LogP contribution in [0, 0.1) is 5.82 Å². The Morgan fingerprint density at radius 3 is 2.56 bits per heavy atom. The summed E-state index contributed by atoms with van der Waals surface area (Å²) < 4.78 is 18.2. The molecule has 18 heavy (non-hydrogen) atoms. The monoisotopic (exact) mass is 255 g/mol. The van der Waals surface area contributed by atoms with Crippen molar-refractivity contribution in [3.8, 4) is 5.75 Å². The van der Waals surface area contributed by atoms with Crippen LogP contribution in [-0.2, 0) is 0 Å². The number of benzene rings is 1. The molecule has 0 radical (unpaired) electrons. The first-order valence-electron chi connectivity index (χ1n) is 5.62. The van der Waals surface area contributed by atoms with Gasteiger partial charge in [-0.2, -0.15) is 0 Å². The minimum atomic E-state index is -0.784. The van der Waals surface area contributed by atoms with Crippen molar-refractivity contribution in [3.63, 3.8) is 0 Å². The second-order valence-corrected chi connectivity index (χ2v) is 4.70. The molecule has 1 aromatic rings. The average Bonchev–Trinajstić information content (AvgIpc) is 2.28. The lowest BCUT2D eigenvalue weighted by atomic mass is 9.98. The molecule has 2 N–H and O–H groups in total. The van der Waals surface area contributed by atoms with E-state index in [0.717, 1.165) is 6.07 Å². The summed E-state index contributed by atoms with van der Waals surface area (Å²) in [5, 5.41) is 12.1. The number of aliphatic hydroxyl groups excluding tert-OH is 1. The molecule has 0 aliphatic heterocycles. The van der Waals surface area contributed by atoms with Crippen molar-refractivity contribution in [2.24, 2.45) is 0 Å². The van der Waals surface area contributed by atoms with Crippen LogP contribution in [-0.4, -0.2) is 29.8 Å². The number of aliphatic hydroxyl groups is 1. The molecule has 1 amide bonds. The van der Waals surface area contributed by atoms with Crippen LogP contribution in [0.5, 0.6) is 5.75 Å². The molecule has 0 aliphatic rings. The van der Waals surface area contributed by atoms with Crippen molar-refractivity contribution in [1.82, 2.24) is 5.32 Å². The van der Waals surface area contributed by atoms with Gasteiger partial charge in [-0.1, -0.05) is 0 Å². The molecule has 1 unspecified atom stereocenters. The molecule has 0 fully saturated rings. The average molecular weight is 255 g/mol. The Kier molecular flexibility index (Phi) is 4.29. The molecule has 0 saturated heterocycles. The van der Waals surface area contributed by atoms with Crippen molar-refractivity contribution in [1.29, 1.82) is 0 Å². The van der Waals surface area contributed by atoms with Gasteiger partial charge in [-0.05, 0) is 39.0 Å². The maximum absolute atomic E-state index is 13.4. The van der Waals surface area contributed by atoms with E-state index in [1.54, 1.807) is 20.8 Å². The number of carbonyl (C=O) groups excluding carboxylic acids is 1. The van der Waals surface area contributed by atoms with Crippen molar-refractivity contribution in [3.05, 3.63) is 29.6 Å². The lowest BCUT2D eigenvalue weighted by Gasteiger charge is -2.29. The highest BCUT2D eigenvalue weighted by atomic mass is 19.1. The minimum absolute atomic E-state index is 0.0846. The Balaban J connectivity index is 2.89. The minimum Gasteiger partial charge on any atom is -0.494 e. The molecule has 1 aromatic carbocycles. The van der Waals surface area contributed by atoms with E-state index in [2.05, 4.69) is 5.32 Å². The summed E-state index contributed by atoms with van der Waals surface area (Å²) in [5.41, 5.74) is -0.602. The molecule has 1 rings (SSSR count). The third-order valence-electron chi connectivity index (χ3n) is 2.89. The standard InChI is InChI=1S/C13H18FNO3/c1-8(16)13(2,3)15-12(17)9-5-6-11(18-4)10(14)7-9/h5-8,16H,1-4H3,(H,15,17). The molecule has 0 aromatic heterocycles. The molecular weight excluding hydrogens is 237 g/mol. The summed E-state index contributed by atoms with van der Waals surface area (Å²) in [6, 6.07) is 3.96. The van der Waals surface area contributed by atoms with E-state index in [4.69, 9.17) is 4.74 Å². The van der Waals surface area contributed by atoms with Crippen LogP contribution < -0.4 is 10.1 Å². The van der Waals surface area contributed by atoms with Gasteiger partial charge >= 0.3 is 0 Å². The number of hydrogen-bond donors (Lipinski definition) is 2. The van der Waals surface area contributed by atoms with Crippen LogP contribution in [0.15, 0.2) is 18.2 Å². The number of halogens is 1. The third kappa shape index (κ3) is 3.20. The molecular formula is C13H18FNO3. The maximum Gasteiger partial charge on any atom is 0.251 e. The first-order chi connectivity index (χ1) is 8.27. The van der Waals surface area contributed by atoms with Gasteiger partial charge in [-0.15, -0.1) is 0 Å². The van der Waals surface area contributed by atoms with Crippen LogP contribution in [0.1, 0.15) is 31.1 Å². The summed E-state index contributed by atoms with van der Waals surface area (Å²) in [5.74, 6) is -0.955. The van der Waals surface area contributed by atoms with Gasteiger partial charge in [0.1, 0.15) is 0 Å². The van der Waals surface area contributed by atoms with Crippen molar-refractivity contribution in [2.45, 2.75) is 32.4 Å². The lowest BCUT2D eigenvalue weighted by molar-refractivity contribution is 0.0709. The second-order valence-electron chi connectivity index (χ2n) is 4.70. The number of hydrogen-bond acceptors (Lipinski definition) is 3. The molecule has 0 aliphatic carbocycles. The van der Waals surface area contributed by atoms with E-state index in [9.17, 15) is 14.3 Å². The summed E-state index contributed by atoms with van der Waals surface area (Å²) in [7, 11) is 1.36. The fraction of sp³-hybridized carbons (Fsp3) is 0.462. The normalized spacial score (nSPS) is 13.0. The zero-order valence-electron chi connectivity index (χ0n) is 11.0. The van der Waals surface area contributed by atoms with Gasteiger partial charge in [0.25, 0.3) is 5.91 Å². The lowest BCUT2D eigenvalue weighted by Crippen LogP contribution is -2.50. The molecule has 1 atom stereocenters. The second kappa shape index (κ2) is 5.35. The highest BCUT2D eigenvalue weighted by Crippen LogP contribution is 2.18. The number of ether oxygens (including phenoxy) is 1. The van der Waals surface area contributed by atoms with E-state index >= 15 is 0 Å². The SMILES string of the molecule is COc1ccc(C(=O)NC(C)(C)C(C)O)cc1F. The van der Waals surface area contributed by atoms with Crippen LogP contribution in [0.4, 0.5) is 4.39 Å². The van der Waals surface area contributed by atoms with Gasteiger partial charge in [-0.3, -0.25) is 4.79 Å². The maximum atomic E-state index is 13.4. The molecule has 100 valence electrons. The Morgan fingerprint density at radius 2 is 2.11 bits per heavy atom. The fourth-order valence-electron chi connectivity index (χ4n) is 1.28. The molecule has 4 nitrogen and oxygen atoms in total. The zero-order chi connectivity index (χ0) is 13.9. The first kappa shape index (κ1) is 14.4. The Bertz CT molecular complexity index is 444. The van der Waals surface area contributed by atoms with Gasteiger partial charge in [0.05, 0.1) is 18.8 Å². The molecule has 0 bridgehead atoms. The Labute approximate surface area is 106 Å². The van der Waals surface area contributed by atoms with E-state index in [-0.39, 0.29) is 11.3 Å². The first-order valence-corrected chi connectivity index (χ1v) is 5.62. The highest BCUT2D eigenvalue weighted by Gasteiger charge is 2.26. The van der Waals surface area contributed by atoms with Gasteiger partial charge in [0.2, 0.25) is 0 Å². The van der Waals surface area contributed by atoms with E-state index in [0.29, 0.717) is 0 Å². The van der Waals surface area contributed by atoms with Crippen molar-refractivity contribution >= 4 is 5.91 Å². The quantitative estimate of drug-likeness (QED) is 0.861. The summed E-state index contributed by atoms with van der Waals surface area (Å²) in [4.78, 5) is 11.9. The third-order valence-corrected chi connectivity index (χ3v) is 2.89. The van der Waals surface area contributed by atoms with Crippen LogP contribution in [0.2, 0.25) is 0 Å². The Hall–Kier alpha value is -1.62. The van der Waals surface area contributed by atoms with Gasteiger partial charge in [-0.25, -0.2) is 4.39 Å². The fourth-order valence-corrected chi connectivity index (χ4v) is 1.28. The summed E-state index contributed by atoms with van der Waals surface area (Å²) in [6.07, 6.45) is -0.718. The van der Waals surface area contributed by atoms with Crippen molar-refractivity contribution < 1.29 is 19.0 Å². The number of rotatable bonds is 4. The predicted octanol–water partition coefficient (Wildman–Crippen LogP) is 1.72. The van der Waals surface area contributed by atoms with Crippen LogP contribution in [0.3, 0.4) is 0 Å². The Morgan fingerprint density at radius 1 is 1.50 bits per heavy atom. The van der Waals surface area contributed by atoms with Gasteiger partial charge in [0.15, 0.2) is 11.6 Å². The number of carbonyl (C=O) groups is 1. The topological polar surface area (TPSA) is 58.6 Å². The van der Waals surface area contributed by atoms with E-state index in [1.807, 2.05) is 0 Å².